The summed E-state index contributed by atoms with van der Waals surface area (Å²) >= 11 is 3.03. The lowest BCUT2D eigenvalue weighted by atomic mass is 10.3. The molecular weight excluding hydrogens is 312 g/mol. The second-order valence-electron chi connectivity index (χ2n) is 4.34. The van der Waals surface area contributed by atoms with Crippen LogP contribution in [-0.2, 0) is 23.1 Å². The number of nitrogens with one attached hydrogen (secondary N) is 2. The smallest absolute Gasteiger partial charge is 0.242 e. The molecule has 0 aliphatic heterocycles. The molecule has 2 N–H and O–H groups in total. The number of thiophene rings is 2. The number of hydrogen-bond donors (Lipinski definition) is 2. The maximum absolute atomic E-state index is 12.4. The van der Waals surface area contributed by atoms with Crippen molar-refractivity contribution in [3.63, 3.8) is 0 Å². The highest BCUT2D eigenvalue weighted by atomic mass is 32.2. The zero-order valence-corrected chi connectivity index (χ0v) is 13.9. The van der Waals surface area contributed by atoms with Crippen molar-refractivity contribution in [2.45, 2.75) is 31.8 Å². The molecule has 7 heteroatoms. The molecule has 0 unspecified atom stereocenters. The third kappa shape index (κ3) is 3.67. The Morgan fingerprint density at radius 1 is 1.10 bits per heavy atom. The van der Waals surface area contributed by atoms with Crippen LogP contribution in [0.3, 0.4) is 0 Å². The normalized spacial score (nSPS) is 11.9. The molecule has 0 saturated heterocycles. The van der Waals surface area contributed by atoms with Gasteiger partial charge in [0.15, 0.2) is 0 Å². The Labute approximate surface area is 127 Å². The molecule has 20 heavy (non-hydrogen) atoms. The molecule has 0 radical (unpaired) electrons. The van der Waals surface area contributed by atoms with E-state index >= 15 is 0 Å². The van der Waals surface area contributed by atoms with Gasteiger partial charge in [0, 0.05) is 22.8 Å². The second kappa shape index (κ2) is 6.82. The van der Waals surface area contributed by atoms with E-state index in [2.05, 4.69) is 10.0 Å². The number of hydrogen-bond acceptors (Lipinski definition) is 5. The van der Waals surface area contributed by atoms with E-state index in [1.165, 1.54) is 11.3 Å². The molecule has 2 aromatic rings. The van der Waals surface area contributed by atoms with Crippen molar-refractivity contribution in [2.75, 3.05) is 6.54 Å². The van der Waals surface area contributed by atoms with Gasteiger partial charge < -0.3 is 5.32 Å². The van der Waals surface area contributed by atoms with Gasteiger partial charge in [-0.15, -0.1) is 22.7 Å². The third-order valence-electron chi connectivity index (χ3n) is 2.92. The molecule has 0 spiro atoms. The Balaban J connectivity index is 2.10. The minimum absolute atomic E-state index is 0.350. The summed E-state index contributed by atoms with van der Waals surface area (Å²) in [5.74, 6) is 0. The van der Waals surface area contributed by atoms with Crippen LogP contribution in [0.1, 0.15) is 22.2 Å². The van der Waals surface area contributed by atoms with Gasteiger partial charge in [0.25, 0.3) is 0 Å². The molecule has 0 aromatic carbocycles. The first-order valence-corrected chi connectivity index (χ1v) is 9.58. The molecule has 0 bridgehead atoms. The van der Waals surface area contributed by atoms with E-state index in [1.807, 2.05) is 30.7 Å². The van der Waals surface area contributed by atoms with E-state index in [0.717, 1.165) is 21.9 Å². The predicted molar refractivity (Wildman–Crippen MR) is 84.8 cm³/mol. The second-order valence-corrected chi connectivity index (χ2v) is 8.08. The highest BCUT2D eigenvalue weighted by Crippen LogP contribution is 2.23. The lowest BCUT2D eigenvalue weighted by Crippen LogP contribution is -2.24. The average molecular weight is 330 g/mol. The quantitative estimate of drug-likeness (QED) is 0.821. The molecule has 0 amide bonds. The van der Waals surface area contributed by atoms with Crippen molar-refractivity contribution in [2.24, 2.45) is 0 Å². The monoisotopic (exact) mass is 330 g/mol. The van der Waals surface area contributed by atoms with Crippen LogP contribution < -0.4 is 10.0 Å². The molecule has 0 saturated carbocycles. The lowest BCUT2D eigenvalue weighted by Gasteiger charge is -2.08. The third-order valence-corrected chi connectivity index (χ3v) is 6.48. The molecule has 0 fully saturated rings. The van der Waals surface area contributed by atoms with Crippen LogP contribution in [0.2, 0.25) is 0 Å². The molecule has 2 heterocycles. The summed E-state index contributed by atoms with van der Waals surface area (Å²) in [4.78, 5) is 2.29. The fourth-order valence-electron chi connectivity index (χ4n) is 1.76. The zero-order valence-electron chi connectivity index (χ0n) is 11.5. The maximum Gasteiger partial charge on any atom is 0.242 e. The van der Waals surface area contributed by atoms with Gasteiger partial charge >= 0.3 is 0 Å². The Hall–Kier alpha value is -0.730. The van der Waals surface area contributed by atoms with E-state index in [9.17, 15) is 8.42 Å². The topological polar surface area (TPSA) is 58.2 Å². The van der Waals surface area contributed by atoms with Crippen LogP contribution >= 0.6 is 22.7 Å². The summed E-state index contributed by atoms with van der Waals surface area (Å²) in [5.41, 5.74) is 1.12. The van der Waals surface area contributed by atoms with Crippen molar-refractivity contribution < 1.29 is 8.42 Å². The molecule has 0 atom stereocenters. The van der Waals surface area contributed by atoms with Crippen molar-refractivity contribution in [3.05, 3.63) is 38.2 Å². The minimum Gasteiger partial charge on any atom is -0.312 e. The summed E-state index contributed by atoms with van der Waals surface area (Å²) < 4.78 is 27.4. The fourth-order valence-corrected chi connectivity index (χ4v) is 5.10. The van der Waals surface area contributed by atoms with Crippen LogP contribution in [0.5, 0.6) is 0 Å². The molecule has 2 aromatic heterocycles. The van der Waals surface area contributed by atoms with Gasteiger partial charge in [-0.3, -0.25) is 0 Å². The fraction of sp³-hybridized carbons (Fsp3) is 0.385. The van der Waals surface area contributed by atoms with Crippen LogP contribution in [0.15, 0.2) is 27.8 Å². The van der Waals surface area contributed by atoms with Crippen LogP contribution in [-0.4, -0.2) is 15.0 Å². The van der Waals surface area contributed by atoms with Gasteiger partial charge in [-0.1, -0.05) is 6.92 Å². The summed E-state index contributed by atoms with van der Waals surface area (Å²) in [6, 6.07) is 3.66. The minimum atomic E-state index is -3.44. The molecular formula is C13H18N2O2S3. The lowest BCUT2D eigenvalue weighted by molar-refractivity contribution is 0.580. The Kier molecular flexibility index (Phi) is 5.34. The summed E-state index contributed by atoms with van der Waals surface area (Å²) in [7, 11) is -3.44. The van der Waals surface area contributed by atoms with Gasteiger partial charge in [0.05, 0.1) is 4.90 Å². The van der Waals surface area contributed by atoms with Gasteiger partial charge in [-0.2, -0.15) is 0 Å². The van der Waals surface area contributed by atoms with Crippen LogP contribution in [0.25, 0.3) is 0 Å². The number of sulfonamides is 1. The Morgan fingerprint density at radius 3 is 2.45 bits per heavy atom. The van der Waals surface area contributed by atoms with Crippen LogP contribution in [0.4, 0.5) is 0 Å². The average Bonchev–Trinajstić information content (AvgIpc) is 3.03. The summed E-state index contributed by atoms with van der Waals surface area (Å²) in [6.07, 6.45) is 0. The largest absolute Gasteiger partial charge is 0.312 e. The highest BCUT2D eigenvalue weighted by Gasteiger charge is 2.19. The Morgan fingerprint density at radius 2 is 1.80 bits per heavy atom. The molecule has 2 rings (SSSR count). The molecule has 0 aliphatic carbocycles. The van der Waals surface area contributed by atoms with E-state index in [-0.39, 0.29) is 0 Å². The predicted octanol–water partition coefficient (Wildman–Crippen LogP) is 2.71. The number of aryl methyl sites for hydroxylation is 1. The van der Waals surface area contributed by atoms with Gasteiger partial charge in [-0.05, 0) is 41.9 Å². The summed E-state index contributed by atoms with van der Waals surface area (Å²) in [5, 5.41) is 6.95. The summed E-state index contributed by atoms with van der Waals surface area (Å²) in [6.45, 7) is 5.74. The molecule has 0 aliphatic rings. The van der Waals surface area contributed by atoms with Gasteiger partial charge in [-0.25, -0.2) is 13.1 Å². The van der Waals surface area contributed by atoms with Crippen molar-refractivity contribution >= 4 is 32.7 Å². The molecule has 4 nitrogen and oxygen atoms in total. The van der Waals surface area contributed by atoms with E-state index in [1.54, 1.807) is 17.4 Å². The first-order chi connectivity index (χ1) is 9.54. The first kappa shape index (κ1) is 15.7. The first-order valence-electron chi connectivity index (χ1n) is 6.34. The van der Waals surface area contributed by atoms with Gasteiger partial charge in [0.1, 0.15) is 0 Å². The number of rotatable bonds is 7. The van der Waals surface area contributed by atoms with E-state index in [4.69, 9.17) is 0 Å². The maximum atomic E-state index is 12.4. The molecule has 110 valence electrons. The van der Waals surface area contributed by atoms with Crippen molar-refractivity contribution in [1.29, 1.82) is 0 Å². The van der Waals surface area contributed by atoms with Crippen LogP contribution in [0, 0.1) is 6.92 Å². The van der Waals surface area contributed by atoms with Crippen molar-refractivity contribution in [1.82, 2.24) is 10.0 Å². The standard InChI is InChI=1S/C13H18N2O2S3/c1-3-14-8-12-13(5-7-19-12)20(16,17)15-9-11-10(2)4-6-18-11/h4-7,14-15H,3,8-9H2,1-2H3. The SMILES string of the molecule is CCNCc1sccc1S(=O)(=O)NCc1sccc1C. The zero-order chi connectivity index (χ0) is 14.6. The van der Waals surface area contributed by atoms with E-state index < -0.39 is 10.0 Å². The van der Waals surface area contributed by atoms with Gasteiger partial charge in [0.2, 0.25) is 10.0 Å². The van der Waals surface area contributed by atoms with E-state index in [0.29, 0.717) is 18.0 Å². The van der Waals surface area contributed by atoms with Crippen molar-refractivity contribution in [3.8, 4) is 0 Å². The highest BCUT2D eigenvalue weighted by molar-refractivity contribution is 7.89. The Bertz CT molecular complexity index is 659.